The summed E-state index contributed by atoms with van der Waals surface area (Å²) < 4.78 is 1.13. The topological polar surface area (TPSA) is 24.4 Å². The molecule has 1 fully saturated rings. The first-order chi connectivity index (χ1) is 10.2. The molecule has 1 aliphatic heterocycles. The van der Waals surface area contributed by atoms with Gasteiger partial charge in [0.1, 0.15) is 0 Å². The van der Waals surface area contributed by atoms with Crippen LogP contribution in [0.1, 0.15) is 50.6 Å². The number of nitrogens with one attached hydrogen (secondary N) is 1. The maximum atomic E-state index is 4.85. The third kappa shape index (κ3) is 3.84. The molecule has 1 aromatic rings. The minimum Gasteiger partial charge on any atom is -0.358 e. The smallest absolute Gasteiger partial charge is 0.157 e. The second-order valence-corrected chi connectivity index (χ2v) is 8.27. The largest absolute Gasteiger partial charge is 0.358 e. The molecule has 114 valence electrons. The minimum atomic E-state index is 0.310. The third-order valence-electron chi connectivity index (χ3n) is 4.70. The second-order valence-electron chi connectivity index (χ2n) is 6.39. The van der Waals surface area contributed by atoms with Crippen molar-refractivity contribution in [1.82, 2.24) is 5.32 Å². The van der Waals surface area contributed by atoms with Gasteiger partial charge in [0, 0.05) is 16.8 Å². The lowest BCUT2D eigenvalue weighted by molar-refractivity contribution is 0.232. The number of hydrogen-bond donors (Lipinski definition) is 1. The molecule has 0 bridgehead atoms. The molecule has 0 saturated heterocycles. The number of thioether (sulfide) groups is 1. The Bertz CT molecular complexity index is 506. The van der Waals surface area contributed by atoms with Crippen LogP contribution in [0.15, 0.2) is 33.7 Å². The van der Waals surface area contributed by atoms with E-state index in [4.69, 9.17) is 4.99 Å². The van der Waals surface area contributed by atoms with Gasteiger partial charge in [0.25, 0.3) is 0 Å². The molecule has 1 N–H and O–H groups in total. The lowest BCUT2D eigenvalue weighted by Crippen LogP contribution is -2.37. The summed E-state index contributed by atoms with van der Waals surface area (Å²) in [6.07, 6.45) is 6.96. The van der Waals surface area contributed by atoms with Gasteiger partial charge in [0.05, 0.1) is 6.04 Å². The predicted molar refractivity (Wildman–Crippen MR) is 96.0 cm³/mol. The van der Waals surface area contributed by atoms with Gasteiger partial charge in [-0.25, -0.2) is 0 Å². The van der Waals surface area contributed by atoms with E-state index in [1.807, 2.05) is 11.8 Å². The molecule has 0 amide bonds. The number of nitrogens with zero attached hydrogens (tertiary/aromatic N) is 1. The molecule has 0 radical (unpaired) electrons. The van der Waals surface area contributed by atoms with Gasteiger partial charge in [-0.3, -0.25) is 4.99 Å². The molecule has 1 spiro atoms. The zero-order chi connectivity index (χ0) is 14.7. The monoisotopic (exact) mass is 366 g/mol. The zero-order valence-electron chi connectivity index (χ0n) is 12.6. The molecular weight excluding hydrogens is 344 g/mol. The van der Waals surface area contributed by atoms with Gasteiger partial charge < -0.3 is 5.32 Å². The summed E-state index contributed by atoms with van der Waals surface area (Å²) in [6.45, 7) is 3.23. The van der Waals surface area contributed by atoms with Crippen molar-refractivity contribution in [2.75, 3.05) is 12.3 Å². The SMILES string of the molecule is CC(NC1=NCC2(CCCCC2)CS1)c1ccc(Br)cc1. The molecule has 1 heterocycles. The van der Waals surface area contributed by atoms with Crippen molar-refractivity contribution in [3.63, 3.8) is 0 Å². The summed E-state index contributed by atoms with van der Waals surface area (Å²) in [6, 6.07) is 8.84. The number of halogens is 1. The van der Waals surface area contributed by atoms with Crippen molar-refractivity contribution in [1.29, 1.82) is 0 Å². The van der Waals surface area contributed by atoms with Crippen molar-refractivity contribution in [2.45, 2.75) is 45.1 Å². The van der Waals surface area contributed by atoms with Gasteiger partial charge in [-0.1, -0.05) is 59.1 Å². The molecular formula is C17H23BrN2S. The van der Waals surface area contributed by atoms with Crippen LogP contribution >= 0.6 is 27.7 Å². The highest BCUT2D eigenvalue weighted by atomic mass is 79.9. The number of amidine groups is 1. The average molecular weight is 367 g/mol. The fraction of sp³-hybridized carbons (Fsp3) is 0.588. The standard InChI is InChI=1S/C17H23BrN2S/c1-13(14-5-7-15(18)8-6-14)20-16-19-11-17(12-21-16)9-3-2-4-10-17/h5-8,13H,2-4,9-12H2,1H3,(H,19,20). The first kappa shape index (κ1) is 15.4. The van der Waals surface area contributed by atoms with E-state index in [0.717, 1.165) is 16.2 Å². The molecule has 1 saturated carbocycles. The first-order valence-corrected chi connectivity index (χ1v) is 9.64. The van der Waals surface area contributed by atoms with E-state index >= 15 is 0 Å². The Labute approximate surface area is 140 Å². The molecule has 4 heteroatoms. The van der Waals surface area contributed by atoms with Crippen LogP contribution in [0, 0.1) is 5.41 Å². The Morgan fingerprint density at radius 2 is 1.90 bits per heavy atom. The van der Waals surface area contributed by atoms with Crippen molar-refractivity contribution >= 4 is 32.9 Å². The van der Waals surface area contributed by atoms with E-state index < -0.39 is 0 Å². The molecule has 0 aromatic heterocycles. The summed E-state index contributed by atoms with van der Waals surface area (Å²) in [5.41, 5.74) is 1.81. The average Bonchev–Trinajstić information content (AvgIpc) is 2.51. The van der Waals surface area contributed by atoms with E-state index in [1.165, 1.54) is 43.4 Å². The Balaban J connectivity index is 1.59. The fourth-order valence-electron chi connectivity index (χ4n) is 3.26. The minimum absolute atomic E-state index is 0.310. The van der Waals surface area contributed by atoms with Crippen LogP contribution in [0.2, 0.25) is 0 Å². The van der Waals surface area contributed by atoms with Crippen LogP contribution in [0.4, 0.5) is 0 Å². The van der Waals surface area contributed by atoms with Crippen LogP contribution < -0.4 is 5.32 Å². The van der Waals surface area contributed by atoms with Crippen LogP contribution in [-0.2, 0) is 0 Å². The van der Waals surface area contributed by atoms with Crippen LogP contribution in [0.3, 0.4) is 0 Å². The van der Waals surface area contributed by atoms with E-state index in [-0.39, 0.29) is 0 Å². The quantitative estimate of drug-likeness (QED) is 0.782. The van der Waals surface area contributed by atoms with E-state index in [2.05, 4.69) is 52.4 Å². The first-order valence-electron chi connectivity index (χ1n) is 7.86. The van der Waals surface area contributed by atoms with Gasteiger partial charge in [-0.05, 0) is 42.9 Å². The molecule has 3 rings (SSSR count). The maximum absolute atomic E-state index is 4.85. The Hall–Kier alpha value is -0.480. The molecule has 21 heavy (non-hydrogen) atoms. The van der Waals surface area contributed by atoms with Crippen molar-refractivity contribution in [3.05, 3.63) is 34.3 Å². The number of benzene rings is 1. The highest BCUT2D eigenvalue weighted by molar-refractivity contribution is 9.10. The van der Waals surface area contributed by atoms with Gasteiger partial charge in [-0.15, -0.1) is 0 Å². The summed E-state index contributed by atoms with van der Waals surface area (Å²) in [7, 11) is 0. The number of hydrogen-bond acceptors (Lipinski definition) is 3. The van der Waals surface area contributed by atoms with Gasteiger partial charge in [0.2, 0.25) is 0 Å². The van der Waals surface area contributed by atoms with Crippen LogP contribution in [-0.4, -0.2) is 17.5 Å². The third-order valence-corrected chi connectivity index (χ3v) is 6.50. The van der Waals surface area contributed by atoms with E-state index in [1.54, 1.807) is 0 Å². The molecule has 1 unspecified atom stereocenters. The fourth-order valence-corrected chi connectivity index (χ4v) is 4.77. The lowest BCUT2D eigenvalue weighted by atomic mass is 9.75. The summed E-state index contributed by atoms with van der Waals surface area (Å²) >= 11 is 5.41. The normalized spacial score (nSPS) is 22.7. The van der Waals surface area contributed by atoms with Crippen LogP contribution in [0.5, 0.6) is 0 Å². The Morgan fingerprint density at radius 3 is 2.52 bits per heavy atom. The molecule has 2 nitrogen and oxygen atoms in total. The molecule has 2 aliphatic rings. The van der Waals surface area contributed by atoms with E-state index in [0.29, 0.717) is 11.5 Å². The predicted octanol–water partition coefficient (Wildman–Crippen LogP) is 5.15. The number of aliphatic imine (C=N–C) groups is 1. The summed E-state index contributed by atoms with van der Waals surface area (Å²) in [4.78, 5) is 4.85. The highest BCUT2D eigenvalue weighted by Crippen LogP contribution is 2.41. The van der Waals surface area contributed by atoms with Gasteiger partial charge >= 0.3 is 0 Å². The van der Waals surface area contributed by atoms with E-state index in [9.17, 15) is 0 Å². The highest BCUT2D eigenvalue weighted by Gasteiger charge is 2.35. The second kappa shape index (κ2) is 6.74. The maximum Gasteiger partial charge on any atom is 0.157 e. The summed E-state index contributed by atoms with van der Waals surface area (Å²) in [5, 5.41) is 4.70. The van der Waals surface area contributed by atoms with Crippen molar-refractivity contribution in [2.24, 2.45) is 10.4 Å². The van der Waals surface area contributed by atoms with Crippen molar-refractivity contribution in [3.8, 4) is 0 Å². The Morgan fingerprint density at radius 1 is 1.19 bits per heavy atom. The lowest BCUT2D eigenvalue weighted by Gasteiger charge is -2.38. The van der Waals surface area contributed by atoms with Crippen molar-refractivity contribution < 1.29 is 0 Å². The zero-order valence-corrected chi connectivity index (χ0v) is 15.0. The molecule has 1 aliphatic carbocycles. The van der Waals surface area contributed by atoms with Gasteiger partial charge in [-0.2, -0.15) is 0 Å². The molecule has 1 aromatic carbocycles. The Kier molecular flexibility index (Phi) is 4.95. The summed E-state index contributed by atoms with van der Waals surface area (Å²) in [5.74, 6) is 1.24. The number of rotatable bonds is 2. The molecule has 1 atom stereocenters. The van der Waals surface area contributed by atoms with Crippen LogP contribution in [0.25, 0.3) is 0 Å². The van der Waals surface area contributed by atoms with Gasteiger partial charge in [0.15, 0.2) is 5.17 Å².